The summed E-state index contributed by atoms with van der Waals surface area (Å²) in [5.41, 5.74) is 9.49. The molecule has 0 aliphatic rings. The molecule has 2 nitrogen and oxygen atoms in total. The maximum absolute atomic E-state index is 10.5. The van der Waals surface area contributed by atoms with Crippen molar-refractivity contribution in [2.45, 2.75) is 139 Å². The summed E-state index contributed by atoms with van der Waals surface area (Å²) in [5, 5.41) is 8.78. The molecule has 0 radical (unpaired) electrons. The van der Waals surface area contributed by atoms with Gasteiger partial charge in [-0.25, -0.2) is 0 Å². The van der Waals surface area contributed by atoms with Gasteiger partial charge in [-0.3, -0.25) is 0 Å². The molecule has 6 heteroatoms. The summed E-state index contributed by atoms with van der Waals surface area (Å²) in [6, 6.07) is 21.8. The zero-order valence-corrected chi connectivity index (χ0v) is 28.4. The van der Waals surface area contributed by atoms with Gasteiger partial charge < -0.3 is 9.90 Å². The third kappa shape index (κ3) is 10.7. The Labute approximate surface area is 266 Å². The molecule has 0 bridgehead atoms. The van der Waals surface area contributed by atoms with E-state index in [1.54, 1.807) is 32.0 Å². The van der Waals surface area contributed by atoms with Gasteiger partial charge in [0.1, 0.15) is 16.9 Å². The minimum atomic E-state index is -5.19. The minimum Gasteiger partial charge on any atom is -0.542 e. The summed E-state index contributed by atoms with van der Waals surface area (Å²) in [6.45, 7) is 14.0. The van der Waals surface area contributed by atoms with Crippen LogP contribution < -0.4 is 5.11 Å². The lowest BCUT2D eigenvalue weighted by molar-refractivity contribution is -0.344. The zero-order valence-electron chi connectivity index (χ0n) is 27.5. The predicted molar refractivity (Wildman–Crippen MR) is 177 cm³/mol. The average molecular weight is 629 g/mol. The lowest BCUT2D eigenvalue weighted by atomic mass is 9.97. The Hall–Kier alpha value is -2.73. The van der Waals surface area contributed by atoms with E-state index in [-0.39, 0.29) is 10.9 Å². The van der Waals surface area contributed by atoms with Gasteiger partial charge in [-0.05, 0) is 61.8 Å². The summed E-state index contributed by atoms with van der Waals surface area (Å²) in [5.74, 6) is -3.01. The topological polar surface area (TPSA) is 40.1 Å². The fourth-order valence-electron chi connectivity index (χ4n) is 5.76. The first-order chi connectivity index (χ1) is 21.1. The second-order valence-electron chi connectivity index (χ2n) is 11.4. The molecule has 0 unspecified atom stereocenters. The summed E-state index contributed by atoms with van der Waals surface area (Å²) >= 11 is 0. The van der Waals surface area contributed by atoms with Gasteiger partial charge >= 0.3 is 6.18 Å². The third-order valence-electron chi connectivity index (χ3n) is 7.38. The van der Waals surface area contributed by atoms with E-state index < -0.39 is 12.1 Å². The van der Waals surface area contributed by atoms with Crippen LogP contribution >= 0.6 is 0 Å². The van der Waals surface area contributed by atoms with Crippen LogP contribution in [-0.4, -0.2) is 12.1 Å². The maximum atomic E-state index is 10.5. The number of carboxylic acids is 1. The fraction of sp³-hybridized carbons (Fsp3) is 0.500. The highest BCUT2D eigenvalue weighted by Gasteiger charge is 2.38. The standard InChI is InChI=1S/C36H51S.C2HF3O2/c1-7-16-28-24-30(18-9-3)35(31(25-28)19-10-4)37(34-22-14-13-15-23-34)36-32(20-11-5)26-29(17-8-2)27-33(36)21-12-6;3-2(4,5)1(6)7/h13-15,22-27H,7-12,16-21H2,1-6H3;(H,6,7)/q+1;/p-1. The first-order valence-corrected chi connectivity index (χ1v) is 17.6. The Morgan fingerprint density at radius 3 is 1.14 bits per heavy atom. The first-order valence-electron chi connectivity index (χ1n) is 16.4. The Kier molecular flexibility index (Phi) is 16.1. The van der Waals surface area contributed by atoms with Gasteiger partial charge in [0.05, 0.1) is 0 Å². The normalized spacial score (nSPS) is 11.4. The van der Waals surface area contributed by atoms with Crippen LogP contribution in [0.2, 0.25) is 0 Å². The summed E-state index contributed by atoms with van der Waals surface area (Å²) in [4.78, 5) is 13.6. The molecule has 0 spiro atoms. The Bertz CT molecular complexity index is 1180. The third-order valence-corrected chi connectivity index (χ3v) is 9.99. The molecule has 3 rings (SSSR count). The van der Waals surface area contributed by atoms with E-state index in [0.29, 0.717) is 0 Å². The molecule has 0 N–H and O–H groups in total. The Morgan fingerprint density at radius 1 is 0.591 bits per heavy atom. The zero-order chi connectivity index (χ0) is 32.7. The van der Waals surface area contributed by atoms with E-state index in [4.69, 9.17) is 9.90 Å². The molecule has 0 amide bonds. The molecule has 0 fully saturated rings. The summed E-state index contributed by atoms with van der Waals surface area (Å²) in [7, 11) is -0.0912. The molecule has 3 aromatic rings. The predicted octanol–water partition coefficient (Wildman–Crippen LogP) is 9.80. The second-order valence-corrected chi connectivity index (χ2v) is 13.3. The quantitative estimate of drug-likeness (QED) is 0.157. The number of rotatable bonds is 15. The highest BCUT2D eigenvalue weighted by Crippen LogP contribution is 2.42. The average Bonchev–Trinajstić information content (AvgIpc) is 2.97. The van der Waals surface area contributed by atoms with Gasteiger partial charge in [0, 0.05) is 22.3 Å². The molecule has 0 aliphatic carbocycles. The van der Waals surface area contributed by atoms with Gasteiger partial charge in [0.25, 0.3) is 0 Å². The van der Waals surface area contributed by atoms with Crippen molar-refractivity contribution >= 4 is 16.9 Å². The van der Waals surface area contributed by atoms with Crippen molar-refractivity contribution in [2.24, 2.45) is 0 Å². The van der Waals surface area contributed by atoms with E-state index in [2.05, 4.69) is 96.1 Å². The van der Waals surface area contributed by atoms with Gasteiger partial charge in [0.2, 0.25) is 0 Å². The first kappa shape index (κ1) is 37.5. The van der Waals surface area contributed by atoms with Crippen molar-refractivity contribution in [3.05, 3.63) is 88.0 Å². The van der Waals surface area contributed by atoms with E-state index in [1.807, 2.05) is 0 Å². The van der Waals surface area contributed by atoms with Crippen LogP contribution in [0.1, 0.15) is 113 Å². The number of alkyl halides is 3. The highest BCUT2D eigenvalue weighted by atomic mass is 32.2. The van der Waals surface area contributed by atoms with Gasteiger partial charge in [-0.1, -0.05) is 123 Å². The highest BCUT2D eigenvalue weighted by molar-refractivity contribution is 7.97. The van der Waals surface area contributed by atoms with Crippen LogP contribution in [0.25, 0.3) is 0 Å². The number of benzene rings is 3. The van der Waals surface area contributed by atoms with Crippen molar-refractivity contribution in [3.63, 3.8) is 0 Å². The number of aryl methyl sites for hydroxylation is 6. The minimum absolute atomic E-state index is 0.0912. The monoisotopic (exact) mass is 628 g/mol. The Morgan fingerprint density at radius 2 is 0.886 bits per heavy atom. The maximum Gasteiger partial charge on any atom is 0.430 e. The molecular weight excluding hydrogens is 577 g/mol. The van der Waals surface area contributed by atoms with Crippen molar-refractivity contribution in [3.8, 4) is 0 Å². The van der Waals surface area contributed by atoms with E-state index in [1.165, 1.54) is 93.1 Å². The molecule has 0 aromatic heterocycles. The van der Waals surface area contributed by atoms with Crippen LogP contribution in [-0.2, 0) is 54.2 Å². The molecule has 0 atom stereocenters. The van der Waals surface area contributed by atoms with Crippen molar-refractivity contribution in [1.82, 2.24) is 0 Å². The smallest absolute Gasteiger partial charge is 0.430 e. The lowest BCUT2D eigenvalue weighted by Crippen LogP contribution is -2.37. The molecule has 0 saturated carbocycles. The number of hydrogen-bond acceptors (Lipinski definition) is 2. The van der Waals surface area contributed by atoms with Crippen molar-refractivity contribution in [1.29, 1.82) is 0 Å². The van der Waals surface area contributed by atoms with Gasteiger partial charge in [0.15, 0.2) is 14.7 Å². The SMILES string of the molecule is CCCc1cc(CCC)c([S+](c2ccccc2)c2c(CCC)cc(CCC)cc2CCC)c(CCC)c1.O=C([O-])C(F)(F)F. The van der Waals surface area contributed by atoms with Crippen LogP contribution in [0, 0.1) is 0 Å². The molecule has 0 heterocycles. The second kappa shape index (κ2) is 18.9. The summed E-state index contributed by atoms with van der Waals surface area (Å²) in [6.07, 6.45) is 9.03. The van der Waals surface area contributed by atoms with Crippen LogP contribution in [0.4, 0.5) is 13.2 Å². The number of carbonyl (C=O) groups excluding carboxylic acids is 1. The number of aliphatic carboxylic acids is 1. The fourth-order valence-corrected chi connectivity index (χ4v) is 8.56. The van der Waals surface area contributed by atoms with Gasteiger partial charge in [-0.2, -0.15) is 13.2 Å². The molecule has 44 heavy (non-hydrogen) atoms. The molecule has 242 valence electrons. The van der Waals surface area contributed by atoms with Gasteiger partial charge in [-0.15, -0.1) is 0 Å². The number of carbonyl (C=O) groups is 1. The molecule has 0 aliphatic heterocycles. The van der Waals surface area contributed by atoms with E-state index in [9.17, 15) is 13.2 Å². The molecular formula is C38H51F3O2S. The largest absolute Gasteiger partial charge is 0.542 e. The number of carboxylic acid groups (broad SMARTS) is 1. The van der Waals surface area contributed by atoms with Crippen LogP contribution in [0.3, 0.4) is 0 Å². The van der Waals surface area contributed by atoms with Crippen LogP contribution in [0.5, 0.6) is 0 Å². The number of hydrogen-bond donors (Lipinski definition) is 0. The van der Waals surface area contributed by atoms with Crippen LogP contribution in [0.15, 0.2) is 69.3 Å². The number of halogens is 3. The Balaban J connectivity index is 0.000000860. The summed E-state index contributed by atoms with van der Waals surface area (Å²) < 4.78 is 31.5. The van der Waals surface area contributed by atoms with Crippen molar-refractivity contribution < 1.29 is 23.1 Å². The van der Waals surface area contributed by atoms with E-state index in [0.717, 1.165) is 0 Å². The van der Waals surface area contributed by atoms with Crippen molar-refractivity contribution in [2.75, 3.05) is 0 Å². The van der Waals surface area contributed by atoms with E-state index >= 15 is 0 Å². The lowest BCUT2D eigenvalue weighted by Gasteiger charge is -2.22. The molecule has 0 saturated heterocycles. The molecule has 3 aromatic carbocycles.